The Labute approximate surface area is 82.7 Å². The summed E-state index contributed by atoms with van der Waals surface area (Å²) in [5.74, 6) is 0.771. The van der Waals surface area contributed by atoms with Gasteiger partial charge in [-0.25, -0.2) is 0 Å². The van der Waals surface area contributed by atoms with Gasteiger partial charge in [-0.05, 0) is 26.1 Å². The number of hydrogen-bond acceptors (Lipinski definition) is 3. The van der Waals surface area contributed by atoms with Crippen molar-refractivity contribution in [1.82, 2.24) is 15.8 Å². The van der Waals surface area contributed by atoms with Gasteiger partial charge in [-0.3, -0.25) is 0 Å². The minimum atomic E-state index is 0.342. The first-order chi connectivity index (χ1) is 6.18. The van der Waals surface area contributed by atoms with Crippen LogP contribution in [0, 0.1) is 0 Å². The van der Waals surface area contributed by atoms with E-state index in [-0.39, 0.29) is 0 Å². The maximum absolute atomic E-state index is 5.02. The SMILES string of the molecule is CC(C)NC(=S)NCc1ccno1. The van der Waals surface area contributed by atoms with Gasteiger partial charge in [-0.15, -0.1) is 0 Å². The van der Waals surface area contributed by atoms with Gasteiger partial charge in [0.2, 0.25) is 0 Å². The summed E-state index contributed by atoms with van der Waals surface area (Å²) in [5.41, 5.74) is 0. The van der Waals surface area contributed by atoms with Crippen LogP contribution in [0.1, 0.15) is 19.6 Å². The lowest BCUT2D eigenvalue weighted by Crippen LogP contribution is -2.38. The van der Waals surface area contributed by atoms with E-state index in [0.717, 1.165) is 5.76 Å². The number of nitrogens with zero attached hydrogens (tertiary/aromatic N) is 1. The van der Waals surface area contributed by atoms with E-state index in [1.54, 1.807) is 12.3 Å². The second-order valence-corrected chi connectivity index (χ2v) is 3.37. The van der Waals surface area contributed by atoms with E-state index >= 15 is 0 Å². The molecule has 72 valence electrons. The second kappa shape index (κ2) is 4.81. The van der Waals surface area contributed by atoms with Crippen molar-refractivity contribution >= 4 is 17.3 Å². The quantitative estimate of drug-likeness (QED) is 0.713. The summed E-state index contributed by atoms with van der Waals surface area (Å²) in [6, 6.07) is 2.14. The van der Waals surface area contributed by atoms with Crippen molar-refractivity contribution in [2.75, 3.05) is 0 Å². The third-order valence-electron chi connectivity index (χ3n) is 1.33. The molecule has 0 aliphatic rings. The molecular weight excluding hydrogens is 186 g/mol. The maximum Gasteiger partial charge on any atom is 0.166 e. The van der Waals surface area contributed by atoms with E-state index in [2.05, 4.69) is 15.8 Å². The van der Waals surface area contributed by atoms with Crippen LogP contribution in [0.15, 0.2) is 16.8 Å². The standard InChI is InChI=1S/C8H13N3OS/c1-6(2)11-8(13)9-5-7-3-4-10-12-7/h3-4,6H,5H2,1-2H3,(H2,9,11,13). The van der Waals surface area contributed by atoms with Crippen LogP contribution in [0.25, 0.3) is 0 Å². The second-order valence-electron chi connectivity index (χ2n) is 2.96. The van der Waals surface area contributed by atoms with Gasteiger partial charge in [0, 0.05) is 12.1 Å². The van der Waals surface area contributed by atoms with Crippen molar-refractivity contribution in [1.29, 1.82) is 0 Å². The monoisotopic (exact) mass is 199 g/mol. The fourth-order valence-corrected chi connectivity index (χ4v) is 1.12. The van der Waals surface area contributed by atoms with Gasteiger partial charge in [0.25, 0.3) is 0 Å². The van der Waals surface area contributed by atoms with Crippen LogP contribution in [-0.2, 0) is 6.54 Å². The van der Waals surface area contributed by atoms with Crippen LogP contribution >= 0.6 is 12.2 Å². The average molecular weight is 199 g/mol. The van der Waals surface area contributed by atoms with Crippen molar-refractivity contribution in [3.63, 3.8) is 0 Å². The van der Waals surface area contributed by atoms with Gasteiger partial charge in [0.15, 0.2) is 10.9 Å². The molecule has 1 aromatic heterocycles. The summed E-state index contributed by atoms with van der Waals surface area (Å²) in [6.45, 7) is 4.63. The van der Waals surface area contributed by atoms with Crippen LogP contribution in [0.2, 0.25) is 0 Å². The van der Waals surface area contributed by atoms with E-state index in [0.29, 0.717) is 17.7 Å². The summed E-state index contributed by atoms with van der Waals surface area (Å²) in [4.78, 5) is 0. The van der Waals surface area contributed by atoms with E-state index in [9.17, 15) is 0 Å². The molecular formula is C8H13N3OS. The molecule has 0 atom stereocenters. The molecule has 0 amide bonds. The Morgan fingerprint density at radius 1 is 1.69 bits per heavy atom. The van der Waals surface area contributed by atoms with Crippen LogP contribution < -0.4 is 10.6 Å². The topological polar surface area (TPSA) is 50.1 Å². The van der Waals surface area contributed by atoms with E-state index < -0.39 is 0 Å². The number of hydrogen-bond donors (Lipinski definition) is 2. The largest absolute Gasteiger partial charge is 0.361 e. The Balaban J connectivity index is 2.23. The summed E-state index contributed by atoms with van der Waals surface area (Å²) < 4.78 is 4.89. The molecule has 0 radical (unpaired) electrons. The van der Waals surface area contributed by atoms with Crippen molar-refractivity contribution in [2.45, 2.75) is 26.4 Å². The predicted octanol–water partition coefficient (Wildman–Crippen LogP) is 1.05. The van der Waals surface area contributed by atoms with Gasteiger partial charge in [0.1, 0.15) is 0 Å². The van der Waals surface area contributed by atoms with Crippen LogP contribution in [-0.4, -0.2) is 16.3 Å². The van der Waals surface area contributed by atoms with E-state index in [4.69, 9.17) is 16.7 Å². The highest BCUT2D eigenvalue weighted by Gasteiger charge is 1.99. The predicted molar refractivity (Wildman–Crippen MR) is 54.2 cm³/mol. The molecule has 0 unspecified atom stereocenters. The van der Waals surface area contributed by atoms with Gasteiger partial charge in [-0.1, -0.05) is 5.16 Å². The van der Waals surface area contributed by atoms with Gasteiger partial charge in [0.05, 0.1) is 12.7 Å². The van der Waals surface area contributed by atoms with Gasteiger partial charge >= 0.3 is 0 Å². The number of nitrogens with one attached hydrogen (secondary N) is 2. The van der Waals surface area contributed by atoms with Crippen molar-refractivity contribution < 1.29 is 4.52 Å². The first-order valence-corrected chi connectivity index (χ1v) is 4.53. The number of thiocarbonyl (C=S) groups is 1. The zero-order chi connectivity index (χ0) is 9.68. The van der Waals surface area contributed by atoms with Gasteiger partial charge < -0.3 is 15.2 Å². The molecule has 0 bridgehead atoms. The highest BCUT2D eigenvalue weighted by atomic mass is 32.1. The smallest absolute Gasteiger partial charge is 0.166 e. The zero-order valence-corrected chi connectivity index (χ0v) is 8.52. The normalized spacial score (nSPS) is 10.1. The fourth-order valence-electron chi connectivity index (χ4n) is 0.814. The Hall–Kier alpha value is -1.10. The first-order valence-electron chi connectivity index (χ1n) is 4.12. The Bertz CT molecular complexity index is 258. The molecule has 0 saturated carbocycles. The van der Waals surface area contributed by atoms with Crippen molar-refractivity contribution in [3.8, 4) is 0 Å². The van der Waals surface area contributed by atoms with E-state index in [1.165, 1.54) is 0 Å². The van der Waals surface area contributed by atoms with Crippen LogP contribution in [0.5, 0.6) is 0 Å². The summed E-state index contributed by atoms with van der Waals surface area (Å²) >= 11 is 5.02. The number of aromatic nitrogens is 1. The Kier molecular flexibility index (Phi) is 3.70. The average Bonchev–Trinajstić information content (AvgIpc) is 2.51. The highest BCUT2D eigenvalue weighted by Crippen LogP contribution is 1.94. The fraction of sp³-hybridized carbons (Fsp3) is 0.500. The maximum atomic E-state index is 5.02. The molecule has 2 N–H and O–H groups in total. The summed E-state index contributed by atoms with van der Waals surface area (Å²) in [7, 11) is 0. The lowest BCUT2D eigenvalue weighted by molar-refractivity contribution is 0.380. The minimum absolute atomic E-state index is 0.342. The van der Waals surface area contributed by atoms with Gasteiger partial charge in [-0.2, -0.15) is 0 Å². The molecule has 13 heavy (non-hydrogen) atoms. The molecule has 0 saturated heterocycles. The summed E-state index contributed by atoms with van der Waals surface area (Å²) in [5, 5.41) is 10.3. The zero-order valence-electron chi connectivity index (χ0n) is 7.70. The number of rotatable bonds is 3. The molecule has 0 aliphatic carbocycles. The molecule has 0 fully saturated rings. The minimum Gasteiger partial charge on any atom is -0.361 e. The molecule has 0 aliphatic heterocycles. The van der Waals surface area contributed by atoms with E-state index in [1.807, 2.05) is 13.8 Å². The summed E-state index contributed by atoms with van der Waals surface area (Å²) in [6.07, 6.45) is 1.61. The molecule has 4 nitrogen and oxygen atoms in total. The lowest BCUT2D eigenvalue weighted by atomic mass is 10.4. The molecule has 5 heteroatoms. The molecule has 0 spiro atoms. The van der Waals surface area contributed by atoms with Crippen LogP contribution in [0.4, 0.5) is 0 Å². The molecule has 0 aromatic carbocycles. The highest BCUT2D eigenvalue weighted by molar-refractivity contribution is 7.80. The third-order valence-corrected chi connectivity index (χ3v) is 1.60. The first kappa shape index (κ1) is 9.98. The Morgan fingerprint density at radius 3 is 3.00 bits per heavy atom. The molecule has 1 rings (SSSR count). The van der Waals surface area contributed by atoms with Crippen LogP contribution in [0.3, 0.4) is 0 Å². The Morgan fingerprint density at radius 2 is 2.46 bits per heavy atom. The third kappa shape index (κ3) is 3.89. The lowest BCUT2D eigenvalue weighted by Gasteiger charge is -2.11. The molecule has 1 heterocycles. The van der Waals surface area contributed by atoms with Crippen molar-refractivity contribution in [2.24, 2.45) is 0 Å². The molecule has 1 aromatic rings. The van der Waals surface area contributed by atoms with Crippen molar-refractivity contribution in [3.05, 3.63) is 18.0 Å².